The third kappa shape index (κ3) is 3.64. The predicted octanol–water partition coefficient (Wildman–Crippen LogP) is 4.25. The van der Waals surface area contributed by atoms with Crippen LogP contribution in [0, 0.1) is 12.7 Å². The highest BCUT2D eigenvalue weighted by atomic mass is 19.1. The average Bonchev–Trinajstić information content (AvgIpc) is 3.45. The van der Waals surface area contributed by atoms with E-state index in [1.54, 1.807) is 22.7 Å². The molecule has 0 fully saturated rings. The van der Waals surface area contributed by atoms with Crippen LogP contribution >= 0.6 is 0 Å². The number of aromatic nitrogens is 6. The SMILES string of the molecule is COc1cccc(CNc2nc(-c3ccn4ncnc4c3)c(-c3cccc(C)n3)[nH]2)c1F. The minimum Gasteiger partial charge on any atom is -0.494 e. The molecule has 0 aliphatic carbocycles. The van der Waals surface area contributed by atoms with Crippen molar-refractivity contribution in [3.05, 3.63) is 78.1 Å². The number of pyridine rings is 2. The molecule has 0 spiro atoms. The summed E-state index contributed by atoms with van der Waals surface area (Å²) < 4.78 is 21.3. The third-order valence-corrected chi connectivity index (χ3v) is 5.11. The van der Waals surface area contributed by atoms with Gasteiger partial charge in [0.2, 0.25) is 5.95 Å². The molecule has 0 atom stereocenters. The van der Waals surface area contributed by atoms with E-state index in [0.29, 0.717) is 22.9 Å². The molecular weight excluding hydrogens is 409 g/mol. The maximum Gasteiger partial charge on any atom is 0.201 e. The molecule has 5 rings (SSSR count). The van der Waals surface area contributed by atoms with Crippen LogP contribution in [0.15, 0.2) is 61.1 Å². The quantitative estimate of drug-likeness (QED) is 0.419. The summed E-state index contributed by atoms with van der Waals surface area (Å²) in [6.45, 7) is 2.17. The van der Waals surface area contributed by atoms with Gasteiger partial charge in [0.05, 0.1) is 18.5 Å². The van der Waals surface area contributed by atoms with E-state index in [4.69, 9.17) is 9.72 Å². The lowest BCUT2D eigenvalue weighted by Crippen LogP contribution is -2.04. The van der Waals surface area contributed by atoms with Crippen molar-refractivity contribution < 1.29 is 9.13 Å². The molecule has 32 heavy (non-hydrogen) atoms. The van der Waals surface area contributed by atoms with E-state index in [9.17, 15) is 4.39 Å². The molecule has 0 saturated heterocycles. The standard InChI is InChI=1S/C23H20FN7O/c1-14-5-3-7-17(28-14)22-21(15-9-10-31-19(11-15)26-13-27-31)29-23(30-22)25-12-16-6-4-8-18(32-2)20(16)24/h3-11,13H,12H2,1-2H3,(H2,25,29,30). The number of anilines is 1. The van der Waals surface area contributed by atoms with Crippen LogP contribution < -0.4 is 10.1 Å². The molecule has 0 aliphatic heterocycles. The summed E-state index contributed by atoms with van der Waals surface area (Å²) in [6.07, 6.45) is 3.33. The fourth-order valence-corrected chi connectivity index (χ4v) is 3.53. The molecule has 5 aromatic rings. The second-order valence-corrected chi connectivity index (χ2v) is 7.24. The Hall–Kier alpha value is -4.27. The Labute approximate surface area is 183 Å². The summed E-state index contributed by atoms with van der Waals surface area (Å²) in [4.78, 5) is 17.0. The van der Waals surface area contributed by atoms with Gasteiger partial charge in [-0.05, 0) is 37.3 Å². The number of aromatic amines is 1. The van der Waals surface area contributed by atoms with Crippen LogP contribution in [-0.4, -0.2) is 36.7 Å². The Balaban J connectivity index is 1.54. The highest BCUT2D eigenvalue weighted by Crippen LogP contribution is 2.31. The number of hydrogen-bond donors (Lipinski definition) is 2. The van der Waals surface area contributed by atoms with E-state index in [2.05, 4.69) is 25.4 Å². The van der Waals surface area contributed by atoms with Gasteiger partial charge in [-0.25, -0.2) is 18.9 Å². The zero-order valence-electron chi connectivity index (χ0n) is 17.5. The molecule has 0 radical (unpaired) electrons. The summed E-state index contributed by atoms with van der Waals surface area (Å²) in [7, 11) is 1.45. The minimum absolute atomic E-state index is 0.204. The lowest BCUT2D eigenvalue weighted by Gasteiger charge is -2.08. The lowest BCUT2D eigenvalue weighted by atomic mass is 10.1. The number of methoxy groups -OCH3 is 1. The maximum atomic E-state index is 14.5. The molecular formula is C23H20FN7O. The van der Waals surface area contributed by atoms with Crippen molar-refractivity contribution in [3.8, 4) is 28.4 Å². The van der Waals surface area contributed by atoms with Gasteiger partial charge in [0.1, 0.15) is 12.0 Å². The third-order valence-electron chi connectivity index (χ3n) is 5.11. The van der Waals surface area contributed by atoms with Gasteiger partial charge < -0.3 is 15.0 Å². The number of imidazole rings is 1. The van der Waals surface area contributed by atoms with E-state index >= 15 is 0 Å². The summed E-state index contributed by atoms with van der Waals surface area (Å²) in [6, 6.07) is 14.7. The molecule has 160 valence electrons. The molecule has 2 N–H and O–H groups in total. The van der Waals surface area contributed by atoms with Gasteiger partial charge in [-0.2, -0.15) is 5.10 Å². The van der Waals surface area contributed by atoms with Gasteiger partial charge in [-0.3, -0.25) is 4.98 Å². The van der Waals surface area contributed by atoms with Crippen molar-refractivity contribution in [1.29, 1.82) is 0 Å². The number of aryl methyl sites for hydroxylation is 1. The van der Waals surface area contributed by atoms with Crippen molar-refractivity contribution in [2.24, 2.45) is 0 Å². The largest absolute Gasteiger partial charge is 0.494 e. The number of benzene rings is 1. The Morgan fingerprint density at radius 1 is 1.12 bits per heavy atom. The molecule has 0 aliphatic rings. The number of rotatable bonds is 6. The zero-order valence-corrected chi connectivity index (χ0v) is 17.5. The van der Waals surface area contributed by atoms with Gasteiger partial charge in [0.15, 0.2) is 17.2 Å². The molecule has 9 heteroatoms. The normalized spacial score (nSPS) is 11.1. The van der Waals surface area contributed by atoms with Gasteiger partial charge in [-0.15, -0.1) is 0 Å². The van der Waals surface area contributed by atoms with Gasteiger partial charge in [0.25, 0.3) is 0 Å². The molecule has 1 aromatic carbocycles. The van der Waals surface area contributed by atoms with Gasteiger partial charge in [-0.1, -0.05) is 18.2 Å². The summed E-state index contributed by atoms with van der Waals surface area (Å²) in [5.41, 5.74) is 5.16. The van der Waals surface area contributed by atoms with Crippen LogP contribution in [0.3, 0.4) is 0 Å². The predicted molar refractivity (Wildman–Crippen MR) is 119 cm³/mol. The Kier molecular flexibility index (Phi) is 4.98. The Morgan fingerprint density at radius 2 is 2.00 bits per heavy atom. The van der Waals surface area contributed by atoms with Gasteiger partial charge in [0, 0.05) is 29.6 Å². The summed E-state index contributed by atoms with van der Waals surface area (Å²) in [5.74, 6) is 0.310. The molecule has 8 nitrogen and oxygen atoms in total. The van der Waals surface area contributed by atoms with Crippen LogP contribution in [0.4, 0.5) is 10.3 Å². The van der Waals surface area contributed by atoms with E-state index in [-0.39, 0.29) is 12.3 Å². The smallest absolute Gasteiger partial charge is 0.201 e. The number of hydrogen-bond acceptors (Lipinski definition) is 6. The average molecular weight is 429 g/mol. The number of fused-ring (bicyclic) bond motifs is 1. The number of ether oxygens (including phenoxy) is 1. The van der Waals surface area contributed by atoms with Crippen LogP contribution in [-0.2, 0) is 6.54 Å². The fraction of sp³-hybridized carbons (Fsp3) is 0.130. The minimum atomic E-state index is -0.396. The number of H-pyrrole nitrogens is 1. The molecule has 4 aromatic heterocycles. The number of halogens is 1. The van der Waals surface area contributed by atoms with Crippen molar-refractivity contribution >= 4 is 11.6 Å². The van der Waals surface area contributed by atoms with Crippen LogP contribution in [0.1, 0.15) is 11.3 Å². The van der Waals surface area contributed by atoms with Crippen molar-refractivity contribution in [1.82, 2.24) is 29.5 Å². The number of nitrogens with one attached hydrogen (secondary N) is 2. The van der Waals surface area contributed by atoms with Crippen molar-refractivity contribution in [2.75, 3.05) is 12.4 Å². The van der Waals surface area contributed by atoms with Crippen LogP contribution in [0.2, 0.25) is 0 Å². The molecule has 0 saturated carbocycles. The van der Waals surface area contributed by atoms with E-state index < -0.39 is 5.82 Å². The van der Waals surface area contributed by atoms with Crippen molar-refractivity contribution in [2.45, 2.75) is 13.5 Å². The first-order valence-electron chi connectivity index (χ1n) is 10.0. The second kappa shape index (κ2) is 8.10. The first kappa shape index (κ1) is 19.7. The van der Waals surface area contributed by atoms with Crippen LogP contribution in [0.5, 0.6) is 5.75 Å². The highest BCUT2D eigenvalue weighted by Gasteiger charge is 2.17. The number of nitrogens with zero attached hydrogens (tertiary/aromatic N) is 5. The summed E-state index contributed by atoms with van der Waals surface area (Å²) >= 11 is 0. The first-order valence-corrected chi connectivity index (χ1v) is 10.0. The topological polar surface area (TPSA) is 93.0 Å². The Bertz CT molecular complexity index is 1410. The molecule has 4 heterocycles. The monoisotopic (exact) mass is 429 g/mol. The van der Waals surface area contributed by atoms with E-state index in [1.807, 2.05) is 43.5 Å². The van der Waals surface area contributed by atoms with E-state index in [0.717, 1.165) is 22.6 Å². The molecule has 0 unspecified atom stereocenters. The Morgan fingerprint density at radius 3 is 2.84 bits per heavy atom. The first-order chi connectivity index (χ1) is 15.6. The van der Waals surface area contributed by atoms with Crippen LogP contribution in [0.25, 0.3) is 28.3 Å². The maximum absolute atomic E-state index is 14.5. The zero-order chi connectivity index (χ0) is 22.1. The highest BCUT2D eigenvalue weighted by molar-refractivity contribution is 5.79. The fourth-order valence-electron chi connectivity index (χ4n) is 3.53. The van der Waals surface area contributed by atoms with E-state index in [1.165, 1.54) is 13.4 Å². The van der Waals surface area contributed by atoms with Crippen molar-refractivity contribution in [3.63, 3.8) is 0 Å². The van der Waals surface area contributed by atoms with Gasteiger partial charge >= 0.3 is 0 Å². The molecule has 0 bridgehead atoms. The lowest BCUT2D eigenvalue weighted by molar-refractivity contribution is 0.384. The summed E-state index contributed by atoms with van der Waals surface area (Å²) in [5, 5.41) is 7.32. The molecule has 0 amide bonds. The second-order valence-electron chi connectivity index (χ2n) is 7.24.